The van der Waals surface area contributed by atoms with Crippen molar-refractivity contribution in [2.45, 2.75) is 38.5 Å². The first kappa shape index (κ1) is 25.3. The maximum atomic E-state index is 13.0. The van der Waals surface area contributed by atoms with Crippen LogP contribution in [0.2, 0.25) is 5.02 Å². The van der Waals surface area contributed by atoms with Crippen LogP contribution in [0.5, 0.6) is 11.5 Å². The monoisotopic (exact) mass is 530 g/mol. The van der Waals surface area contributed by atoms with Crippen LogP contribution in [0.3, 0.4) is 0 Å². The van der Waals surface area contributed by atoms with Gasteiger partial charge in [-0.1, -0.05) is 36.6 Å². The Balaban J connectivity index is 1.32. The van der Waals surface area contributed by atoms with E-state index in [1.807, 2.05) is 37.3 Å². The number of urea groups is 1. The fourth-order valence-electron chi connectivity index (χ4n) is 4.54. The number of ether oxygens (including phenoxy) is 1. The Labute approximate surface area is 225 Å². The molecule has 0 atom stereocenters. The molecule has 2 aromatic heterocycles. The second-order valence-electron chi connectivity index (χ2n) is 9.25. The van der Waals surface area contributed by atoms with Gasteiger partial charge in [0.05, 0.1) is 22.1 Å². The van der Waals surface area contributed by atoms with Crippen LogP contribution in [0, 0.1) is 6.92 Å². The van der Waals surface area contributed by atoms with Crippen molar-refractivity contribution in [1.82, 2.24) is 14.8 Å². The summed E-state index contributed by atoms with van der Waals surface area (Å²) in [6.45, 7) is 2.02. The molecule has 1 saturated carbocycles. The number of carbonyl (C=O) groups is 2. The number of hydrogen-bond acceptors (Lipinski definition) is 5. The molecule has 0 saturated heterocycles. The van der Waals surface area contributed by atoms with Crippen LogP contribution < -0.4 is 21.1 Å². The van der Waals surface area contributed by atoms with Crippen molar-refractivity contribution < 1.29 is 14.3 Å². The molecule has 4 aromatic rings. The molecule has 0 radical (unpaired) electrons. The highest BCUT2D eigenvalue weighted by molar-refractivity contribution is 6.34. The number of primary amides is 1. The van der Waals surface area contributed by atoms with Gasteiger partial charge < -0.3 is 15.8 Å². The Kier molecular flexibility index (Phi) is 7.28. The number of anilines is 2. The summed E-state index contributed by atoms with van der Waals surface area (Å²) < 4.78 is 7.53. The number of benzene rings is 2. The highest BCUT2D eigenvalue weighted by Crippen LogP contribution is 2.35. The summed E-state index contributed by atoms with van der Waals surface area (Å²) in [6.07, 6.45) is 6.01. The molecule has 10 heteroatoms. The molecule has 2 aromatic carbocycles. The van der Waals surface area contributed by atoms with Crippen LogP contribution in [0.1, 0.15) is 53.3 Å². The Hall–Kier alpha value is -4.37. The predicted octanol–water partition coefficient (Wildman–Crippen LogP) is 6.42. The predicted molar refractivity (Wildman–Crippen MR) is 146 cm³/mol. The quantitative estimate of drug-likeness (QED) is 0.254. The van der Waals surface area contributed by atoms with Crippen LogP contribution >= 0.6 is 11.6 Å². The number of nitrogens with zero attached hydrogens (tertiary/aromatic N) is 3. The van der Waals surface area contributed by atoms with E-state index in [-0.39, 0.29) is 10.7 Å². The van der Waals surface area contributed by atoms with Gasteiger partial charge in [-0.05, 0) is 55.7 Å². The number of pyridine rings is 1. The molecule has 38 heavy (non-hydrogen) atoms. The lowest BCUT2D eigenvalue weighted by Crippen LogP contribution is -2.21. The maximum absolute atomic E-state index is 13.0. The highest BCUT2D eigenvalue weighted by atomic mass is 35.5. The minimum Gasteiger partial charge on any atom is -0.457 e. The SMILES string of the molecule is Cc1cccc(-n2nc(C3CCCC3)cc2NC(=O)Nc2ccc(Oc3ccnc(C(N)=O)c3)cc2Cl)c1. The van der Waals surface area contributed by atoms with Crippen LogP contribution in [-0.4, -0.2) is 26.7 Å². The number of amides is 3. The number of nitrogens with one attached hydrogen (secondary N) is 2. The van der Waals surface area contributed by atoms with E-state index in [9.17, 15) is 9.59 Å². The second-order valence-corrected chi connectivity index (χ2v) is 9.66. The molecule has 0 unspecified atom stereocenters. The zero-order valence-electron chi connectivity index (χ0n) is 20.8. The first-order valence-electron chi connectivity index (χ1n) is 12.3. The molecule has 194 valence electrons. The molecule has 1 aliphatic carbocycles. The molecule has 0 aliphatic heterocycles. The number of rotatable bonds is 7. The third kappa shape index (κ3) is 5.78. The third-order valence-electron chi connectivity index (χ3n) is 6.40. The lowest BCUT2D eigenvalue weighted by molar-refractivity contribution is 0.0995. The van der Waals surface area contributed by atoms with Crippen LogP contribution in [-0.2, 0) is 0 Å². The molecule has 4 N–H and O–H groups in total. The van der Waals surface area contributed by atoms with Crippen molar-refractivity contribution in [3.63, 3.8) is 0 Å². The van der Waals surface area contributed by atoms with Crippen molar-refractivity contribution in [2.24, 2.45) is 5.73 Å². The molecular formula is C28H27ClN6O3. The number of aromatic nitrogens is 3. The van der Waals surface area contributed by atoms with Gasteiger partial charge in [-0.15, -0.1) is 0 Å². The van der Waals surface area contributed by atoms with Crippen LogP contribution in [0.25, 0.3) is 5.69 Å². The van der Waals surface area contributed by atoms with Gasteiger partial charge in [0.2, 0.25) is 0 Å². The van der Waals surface area contributed by atoms with Crippen molar-refractivity contribution in [2.75, 3.05) is 10.6 Å². The molecule has 1 fully saturated rings. The van der Waals surface area contributed by atoms with Gasteiger partial charge in [0.1, 0.15) is 23.0 Å². The molecule has 0 bridgehead atoms. The van der Waals surface area contributed by atoms with Gasteiger partial charge >= 0.3 is 6.03 Å². The lowest BCUT2D eigenvalue weighted by atomic mass is 10.0. The summed E-state index contributed by atoms with van der Waals surface area (Å²) >= 11 is 6.43. The Morgan fingerprint density at radius 1 is 1.03 bits per heavy atom. The van der Waals surface area contributed by atoms with Crippen LogP contribution in [0.4, 0.5) is 16.3 Å². The van der Waals surface area contributed by atoms with Crippen molar-refractivity contribution >= 4 is 35.0 Å². The largest absolute Gasteiger partial charge is 0.457 e. The van der Waals surface area contributed by atoms with Crippen LogP contribution in [0.15, 0.2) is 66.9 Å². The van der Waals surface area contributed by atoms with Crippen molar-refractivity contribution in [3.05, 3.63) is 88.8 Å². The average molecular weight is 531 g/mol. The maximum Gasteiger partial charge on any atom is 0.324 e. The van der Waals surface area contributed by atoms with E-state index in [1.165, 1.54) is 25.1 Å². The zero-order chi connectivity index (χ0) is 26.6. The summed E-state index contributed by atoms with van der Waals surface area (Å²) in [4.78, 5) is 28.2. The minimum atomic E-state index is -0.654. The van der Waals surface area contributed by atoms with Gasteiger partial charge in [-0.25, -0.2) is 9.48 Å². The Bertz CT molecular complexity index is 1500. The molecule has 5 rings (SSSR count). The summed E-state index contributed by atoms with van der Waals surface area (Å²) in [5.74, 6) is 1.12. The fourth-order valence-corrected chi connectivity index (χ4v) is 4.76. The third-order valence-corrected chi connectivity index (χ3v) is 6.71. The average Bonchev–Trinajstić information content (AvgIpc) is 3.56. The van der Waals surface area contributed by atoms with E-state index in [1.54, 1.807) is 28.9 Å². The Morgan fingerprint density at radius 3 is 2.55 bits per heavy atom. The number of aryl methyl sites for hydroxylation is 1. The molecule has 9 nitrogen and oxygen atoms in total. The van der Waals surface area contributed by atoms with Gasteiger partial charge in [-0.2, -0.15) is 5.10 Å². The van der Waals surface area contributed by atoms with Crippen molar-refractivity contribution in [1.29, 1.82) is 0 Å². The molecule has 2 heterocycles. The minimum absolute atomic E-state index is 0.0875. The number of nitrogens with two attached hydrogens (primary N) is 1. The van der Waals surface area contributed by atoms with Crippen molar-refractivity contribution in [3.8, 4) is 17.2 Å². The Morgan fingerprint density at radius 2 is 1.82 bits per heavy atom. The standard InChI is InChI=1S/C28H27ClN6O3/c1-17-5-4-8-19(13-17)35-26(16-24(34-35)18-6-2-3-7-18)33-28(37)32-23-10-9-20(14-22(23)29)38-21-11-12-31-25(15-21)27(30)36/h4-5,8-16,18H,2-3,6-7H2,1H3,(H2,30,36)(H2,32,33,37). The van der Waals surface area contributed by atoms with E-state index >= 15 is 0 Å². The second kappa shape index (κ2) is 10.9. The molecule has 3 amide bonds. The van der Waals surface area contributed by atoms with E-state index in [0.29, 0.717) is 28.9 Å². The summed E-state index contributed by atoms with van der Waals surface area (Å²) in [5.41, 5.74) is 8.72. The zero-order valence-corrected chi connectivity index (χ0v) is 21.5. The first-order valence-corrected chi connectivity index (χ1v) is 12.7. The number of hydrogen-bond donors (Lipinski definition) is 3. The van der Waals surface area contributed by atoms with E-state index < -0.39 is 11.9 Å². The van der Waals surface area contributed by atoms with E-state index in [2.05, 4.69) is 15.6 Å². The van der Waals surface area contributed by atoms with Gasteiger partial charge in [0, 0.05) is 30.3 Å². The number of halogens is 1. The lowest BCUT2D eigenvalue weighted by Gasteiger charge is -2.12. The van der Waals surface area contributed by atoms with Gasteiger partial charge in [0.15, 0.2) is 0 Å². The smallest absolute Gasteiger partial charge is 0.324 e. The highest BCUT2D eigenvalue weighted by Gasteiger charge is 2.23. The van der Waals surface area contributed by atoms with E-state index in [4.69, 9.17) is 27.2 Å². The molecular weight excluding hydrogens is 504 g/mol. The summed E-state index contributed by atoms with van der Waals surface area (Å²) in [5, 5.41) is 10.8. The fraction of sp³-hybridized carbons (Fsp3) is 0.214. The summed E-state index contributed by atoms with van der Waals surface area (Å²) in [7, 11) is 0. The number of carbonyl (C=O) groups excluding carboxylic acids is 2. The molecule has 0 spiro atoms. The molecule has 1 aliphatic rings. The summed E-state index contributed by atoms with van der Waals surface area (Å²) in [6, 6.07) is 17.4. The van der Waals surface area contributed by atoms with E-state index in [0.717, 1.165) is 29.8 Å². The van der Waals surface area contributed by atoms with Gasteiger partial charge in [-0.3, -0.25) is 15.1 Å². The normalized spacial score (nSPS) is 13.3. The topological polar surface area (TPSA) is 124 Å². The first-order chi connectivity index (χ1) is 18.4. The van der Waals surface area contributed by atoms with Gasteiger partial charge in [0.25, 0.3) is 5.91 Å².